The summed E-state index contributed by atoms with van der Waals surface area (Å²) >= 11 is 0. The molecular formula is C76H50. The van der Waals surface area contributed by atoms with E-state index in [0.29, 0.717) is 0 Å². The Morgan fingerprint density at radius 1 is 0.171 bits per heavy atom. The van der Waals surface area contributed by atoms with Crippen LogP contribution >= 0.6 is 0 Å². The van der Waals surface area contributed by atoms with Crippen LogP contribution < -0.4 is 0 Å². The van der Waals surface area contributed by atoms with Gasteiger partial charge in [-0.05, 0) is 157 Å². The van der Waals surface area contributed by atoms with Crippen LogP contribution in [-0.4, -0.2) is 0 Å². The third kappa shape index (κ3) is 6.38. The molecule has 0 saturated heterocycles. The Morgan fingerprint density at radius 2 is 0.461 bits per heavy atom. The molecule has 13 aromatic carbocycles. The molecule has 0 nitrogen and oxygen atoms in total. The zero-order valence-electron chi connectivity index (χ0n) is 41.9. The van der Waals surface area contributed by atoms with Crippen LogP contribution in [0.4, 0.5) is 0 Å². The first-order valence-electron chi connectivity index (χ1n) is 26.6. The summed E-state index contributed by atoms with van der Waals surface area (Å²) in [6.45, 7) is 0. The average molecular weight is 963 g/mol. The molecule has 0 heteroatoms. The van der Waals surface area contributed by atoms with Crippen LogP contribution in [0, 0.1) is 0 Å². The molecule has 13 aromatic rings. The summed E-state index contributed by atoms with van der Waals surface area (Å²) in [6, 6.07) is 114. The van der Waals surface area contributed by atoms with Gasteiger partial charge >= 0.3 is 0 Å². The van der Waals surface area contributed by atoms with Crippen molar-refractivity contribution in [1.82, 2.24) is 0 Å². The van der Waals surface area contributed by atoms with Crippen molar-refractivity contribution < 1.29 is 0 Å². The molecule has 2 aliphatic rings. The van der Waals surface area contributed by atoms with Crippen LogP contribution in [0.5, 0.6) is 0 Å². The highest BCUT2D eigenvalue weighted by molar-refractivity contribution is 6.23. The summed E-state index contributed by atoms with van der Waals surface area (Å²) in [4.78, 5) is 0. The van der Waals surface area contributed by atoms with Crippen molar-refractivity contribution in [3.8, 4) is 66.8 Å². The lowest BCUT2D eigenvalue weighted by atomic mass is 9.67. The smallest absolute Gasteiger partial charge is 0.0622 e. The van der Waals surface area contributed by atoms with E-state index in [9.17, 15) is 0 Å². The van der Waals surface area contributed by atoms with Gasteiger partial charge in [0.25, 0.3) is 0 Å². The van der Waals surface area contributed by atoms with Gasteiger partial charge in [-0.3, -0.25) is 0 Å². The highest BCUT2D eigenvalue weighted by Gasteiger charge is 2.48. The van der Waals surface area contributed by atoms with Crippen molar-refractivity contribution in [2.24, 2.45) is 0 Å². The second kappa shape index (κ2) is 17.5. The maximum atomic E-state index is 2.55. The summed E-state index contributed by atoms with van der Waals surface area (Å²) in [6.07, 6.45) is 0. The van der Waals surface area contributed by atoms with Gasteiger partial charge in [-0.1, -0.05) is 279 Å². The van der Waals surface area contributed by atoms with Crippen LogP contribution in [0.3, 0.4) is 0 Å². The Kier molecular flexibility index (Phi) is 10.1. The van der Waals surface area contributed by atoms with Crippen LogP contribution in [0.2, 0.25) is 0 Å². The van der Waals surface area contributed by atoms with E-state index in [-0.39, 0.29) is 0 Å². The second-order valence-corrected chi connectivity index (χ2v) is 20.5. The molecule has 15 rings (SSSR count). The molecule has 0 heterocycles. The van der Waals surface area contributed by atoms with E-state index in [2.05, 4.69) is 303 Å². The summed E-state index contributed by atoms with van der Waals surface area (Å²) in [5.41, 5.74) is 23.9. The lowest BCUT2D eigenvalue weighted by Gasteiger charge is -2.34. The van der Waals surface area contributed by atoms with Gasteiger partial charge in [-0.15, -0.1) is 0 Å². The highest BCUT2D eigenvalue weighted by Crippen LogP contribution is 2.60. The fraction of sp³-hybridized carbons (Fsp3) is 0.0263. The van der Waals surface area contributed by atoms with E-state index >= 15 is 0 Å². The van der Waals surface area contributed by atoms with Crippen molar-refractivity contribution in [2.75, 3.05) is 0 Å². The topological polar surface area (TPSA) is 0 Å². The fourth-order valence-corrected chi connectivity index (χ4v) is 13.8. The van der Waals surface area contributed by atoms with E-state index in [0.717, 1.165) is 0 Å². The minimum Gasteiger partial charge on any atom is -0.0622 e. The predicted molar refractivity (Wildman–Crippen MR) is 318 cm³/mol. The Morgan fingerprint density at radius 3 is 0.816 bits per heavy atom. The monoisotopic (exact) mass is 962 g/mol. The van der Waals surface area contributed by atoms with E-state index < -0.39 is 10.8 Å². The van der Waals surface area contributed by atoms with Gasteiger partial charge in [0.15, 0.2) is 0 Å². The minimum atomic E-state index is -0.544. The molecule has 0 radical (unpaired) electrons. The number of benzene rings is 13. The molecule has 76 heavy (non-hydrogen) atoms. The minimum absolute atomic E-state index is 0.544. The maximum Gasteiger partial charge on any atom is 0.0713 e. The molecule has 0 amide bonds. The lowest BCUT2D eigenvalue weighted by Crippen LogP contribution is -2.28. The van der Waals surface area contributed by atoms with Gasteiger partial charge in [0.2, 0.25) is 0 Å². The molecule has 354 valence electrons. The second-order valence-electron chi connectivity index (χ2n) is 20.5. The fourth-order valence-electron chi connectivity index (χ4n) is 13.8. The zero-order chi connectivity index (χ0) is 50.2. The van der Waals surface area contributed by atoms with Gasteiger partial charge in [-0.2, -0.15) is 0 Å². The number of hydrogen-bond acceptors (Lipinski definition) is 0. The molecule has 0 bridgehead atoms. The van der Waals surface area contributed by atoms with Crippen molar-refractivity contribution in [3.63, 3.8) is 0 Å². The summed E-state index contributed by atoms with van der Waals surface area (Å²) in [5, 5.41) is 4.87. The van der Waals surface area contributed by atoms with Crippen molar-refractivity contribution in [1.29, 1.82) is 0 Å². The first-order chi connectivity index (χ1) is 37.7. The largest absolute Gasteiger partial charge is 0.0713 e. The first-order valence-corrected chi connectivity index (χ1v) is 26.6. The summed E-state index contributed by atoms with van der Waals surface area (Å²) in [5.74, 6) is 0. The highest BCUT2D eigenvalue weighted by atomic mass is 14.5. The SMILES string of the molecule is c1ccc(-c2cc3c(-c4ccc5c(c4)C(c4ccccc4)(c4ccccc4)c4ccccc4-5)c4ccccc4c(-c4ccc5c(c4)C(c4ccccc4)(c4ccccc4)c4ccccc4-5)c3cc2-c2ccccc2)cc1. The van der Waals surface area contributed by atoms with Crippen LogP contribution in [0.15, 0.2) is 303 Å². The maximum absolute atomic E-state index is 2.55. The molecule has 2 aliphatic carbocycles. The van der Waals surface area contributed by atoms with E-state index in [1.165, 1.54) is 133 Å². The molecule has 0 spiro atoms. The van der Waals surface area contributed by atoms with Crippen LogP contribution in [0.25, 0.3) is 88.3 Å². The van der Waals surface area contributed by atoms with Crippen molar-refractivity contribution in [3.05, 3.63) is 348 Å². The average Bonchev–Trinajstić information content (AvgIpc) is 4.04. The van der Waals surface area contributed by atoms with Gasteiger partial charge < -0.3 is 0 Å². The van der Waals surface area contributed by atoms with E-state index in [1.54, 1.807) is 0 Å². The lowest BCUT2D eigenvalue weighted by molar-refractivity contribution is 0.769. The number of fused-ring (bicyclic) bond motifs is 8. The predicted octanol–water partition coefficient (Wildman–Crippen LogP) is 19.4. The van der Waals surface area contributed by atoms with Gasteiger partial charge in [0, 0.05) is 0 Å². The van der Waals surface area contributed by atoms with Crippen molar-refractivity contribution in [2.45, 2.75) is 10.8 Å². The summed E-state index contributed by atoms with van der Waals surface area (Å²) < 4.78 is 0. The standard InChI is InChI=1S/C76H50/c1-7-25-51(26-8-1)65-49-67-68(50-66(65)52-27-9-2-10-28-52)74(54-44-46-62-60-38-22-24-42-70(60)76(72(62)48-54,57-33-15-5-16-34-57)58-35-17-6-18-36-58)64-40-20-19-39-63(64)73(67)53-43-45-61-59-37-21-23-41-69(59)75(71(61)47-53,55-29-11-3-12-30-55)56-31-13-4-14-32-56/h1-50H. The van der Waals surface area contributed by atoms with Crippen LogP contribution in [0.1, 0.15) is 44.5 Å². The number of rotatable bonds is 8. The first kappa shape index (κ1) is 43.9. The molecule has 0 aromatic heterocycles. The molecule has 0 atom stereocenters. The normalized spacial score (nSPS) is 13.5. The quantitative estimate of drug-likeness (QED) is 0.133. The van der Waals surface area contributed by atoms with Gasteiger partial charge in [-0.25, -0.2) is 0 Å². The third-order valence-electron chi connectivity index (χ3n) is 16.8. The van der Waals surface area contributed by atoms with E-state index in [4.69, 9.17) is 0 Å². The summed E-state index contributed by atoms with van der Waals surface area (Å²) in [7, 11) is 0. The van der Waals surface area contributed by atoms with Crippen molar-refractivity contribution >= 4 is 21.5 Å². The molecule has 0 N–H and O–H groups in total. The van der Waals surface area contributed by atoms with Crippen LogP contribution in [-0.2, 0) is 10.8 Å². The van der Waals surface area contributed by atoms with Gasteiger partial charge in [0.1, 0.15) is 0 Å². The Bertz CT molecular complexity index is 3990. The number of hydrogen-bond donors (Lipinski definition) is 0. The Balaban J connectivity index is 1.07. The van der Waals surface area contributed by atoms with E-state index in [1.807, 2.05) is 0 Å². The Hall–Kier alpha value is -9.62. The molecular weight excluding hydrogens is 913 g/mol. The van der Waals surface area contributed by atoms with Gasteiger partial charge in [0.05, 0.1) is 10.8 Å². The third-order valence-corrected chi connectivity index (χ3v) is 16.8. The molecule has 0 aliphatic heterocycles. The molecule has 0 saturated carbocycles. The Labute approximate surface area is 444 Å². The molecule has 0 unspecified atom stereocenters. The zero-order valence-corrected chi connectivity index (χ0v) is 41.9. The molecule has 0 fully saturated rings.